The first kappa shape index (κ1) is 12.7. The molecule has 0 aliphatic rings. The zero-order chi connectivity index (χ0) is 11.3. The van der Waals surface area contributed by atoms with Gasteiger partial charge in [-0.1, -0.05) is 54.4 Å². The molecular formula is C13H20BrN. The third-order valence-electron chi connectivity index (χ3n) is 3.07. The highest BCUT2D eigenvalue weighted by atomic mass is 79.9. The first-order valence-corrected chi connectivity index (χ1v) is 6.41. The second-order valence-corrected chi connectivity index (χ2v) is 5.00. The van der Waals surface area contributed by atoms with E-state index >= 15 is 0 Å². The van der Waals surface area contributed by atoms with Crippen molar-refractivity contribution < 1.29 is 0 Å². The highest BCUT2D eigenvalue weighted by Crippen LogP contribution is 2.16. The molecule has 0 bridgehead atoms. The standard InChI is InChI=1S/C13H20BrN/c1-4-10(2)11(3)15-9-12-7-5-6-8-13(12)14/h5-8,10-11,15H,4,9H2,1-3H3. The van der Waals surface area contributed by atoms with Crippen molar-refractivity contribution in [2.75, 3.05) is 0 Å². The molecule has 0 aliphatic carbocycles. The third-order valence-corrected chi connectivity index (χ3v) is 3.84. The Kier molecular flexibility index (Phi) is 5.34. The van der Waals surface area contributed by atoms with E-state index in [-0.39, 0.29) is 0 Å². The summed E-state index contributed by atoms with van der Waals surface area (Å²) in [5.74, 6) is 0.729. The van der Waals surface area contributed by atoms with Crippen LogP contribution in [-0.2, 0) is 6.54 Å². The van der Waals surface area contributed by atoms with Gasteiger partial charge in [0.25, 0.3) is 0 Å². The van der Waals surface area contributed by atoms with Gasteiger partial charge in [0.15, 0.2) is 0 Å². The van der Waals surface area contributed by atoms with Gasteiger partial charge in [-0.3, -0.25) is 0 Å². The second-order valence-electron chi connectivity index (χ2n) is 4.15. The molecule has 1 aromatic rings. The van der Waals surface area contributed by atoms with E-state index in [1.807, 2.05) is 6.07 Å². The van der Waals surface area contributed by atoms with E-state index in [2.05, 4.69) is 60.2 Å². The number of hydrogen-bond acceptors (Lipinski definition) is 1. The van der Waals surface area contributed by atoms with E-state index < -0.39 is 0 Å². The average molecular weight is 270 g/mol. The minimum atomic E-state index is 0.571. The van der Waals surface area contributed by atoms with Crippen LogP contribution in [0.4, 0.5) is 0 Å². The van der Waals surface area contributed by atoms with Crippen LogP contribution in [0, 0.1) is 5.92 Å². The molecule has 0 spiro atoms. The maximum absolute atomic E-state index is 3.56. The minimum Gasteiger partial charge on any atom is -0.310 e. The maximum Gasteiger partial charge on any atom is 0.0220 e. The monoisotopic (exact) mass is 269 g/mol. The Bertz CT molecular complexity index is 298. The minimum absolute atomic E-state index is 0.571. The molecule has 0 saturated heterocycles. The van der Waals surface area contributed by atoms with E-state index in [4.69, 9.17) is 0 Å². The Morgan fingerprint density at radius 3 is 2.53 bits per heavy atom. The number of benzene rings is 1. The van der Waals surface area contributed by atoms with Crippen molar-refractivity contribution in [2.24, 2.45) is 5.92 Å². The molecule has 0 amide bonds. The molecule has 0 aliphatic heterocycles. The fourth-order valence-corrected chi connectivity index (χ4v) is 1.89. The Balaban J connectivity index is 2.47. The molecule has 2 unspecified atom stereocenters. The Hall–Kier alpha value is -0.340. The molecule has 1 aromatic carbocycles. The van der Waals surface area contributed by atoms with E-state index in [0.29, 0.717) is 6.04 Å². The lowest BCUT2D eigenvalue weighted by atomic mass is 10.0. The summed E-state index contributed by atoms with van der Waals surface area (Å²) in [6.07, 6.45) is 1.23. The third kappa shape index (κ3) is 3.96. The molecule has 0 saturated carbocycles. The van der Waals surface area contributed by atoms with Crippen LogP contribution in [0.15, 0.2) is 28.7 Å². The summed E-state index contributed by atoms with van der Waals surface area (Å²) >= 11 is 3.56. The number of hydrogen-bond donors (Lipinski definition) is 1. The summed E-state index contributed by atoms with van der Waals surface area (Å²) in [5, 5.41) is 3.56. The summed E-state index contributed by atoms with van der Waals surface area (Å²) < 4.78 is 1.19. The van der Waals surface area contributed by atoms with Crippen molar-refractivity contribution in [1.29, 1.82) is 0 Å². The van der Waals surface area contributed by atoms with E-state index in [1.165, 1.54) is 16.5 Å². The lowest BCUT2D eigenvalue weighted by Gasteiger charge is -2.20. The van der Waals surface area contributed by atoms with Gasteiger partial charge in [-0.25, -0.2) is 0 Å². The van der Waals surface area contributed by atoms with E-state index in [0.717, 1.165) is 12.5 Å². The van der Waals surface area contributed by atoms with Gasteiger partial charge in [0.2, 0.25) is 0 Å². The highest BCUT2D eigenvalue weighted by Gasteiger charge is 2.09. The van der Waals surface area contributed by atoms with Crippen molar-refractivity contribution in [3.05, 3.63) is 34.3 Å². The molecule has 84 valence electrons. The van der Waals surface area contributed by atoms with Gasteiger partial charge < -0.3 is 5.32 Å². The summed E-state index contributed by atoms with van der Waals surface area (Å²) in [4.78, 5) is 0. The van der Waals surface area contributed by atoms with E-state index in [9.17, 15) is 0 Å². The predicted octanol–water partition coefficient (Wildman–Crippen LogP) is 3.97. The summed E-state index contributed by atoms with van der Waals surface area (Å²) in [5.41, 5.74) is 1.33. The molecule has 2 heteroatoms. The van der Waals surface area contributed by atoms with Crippen LogP contribution < -0.4 is 5.32 Å². The quantitative estimate of drug-likeness (QED) is 0.853. The van der Waals surface area contributed by atoms with Gasteiger partial charge in [-0.05, 0) is 24.5 Å². The highest BCUT2D eigenvalue weighted by molar-refractivity contribution is 9.10. The summed E-state index contributed by atoms with van der Waals surface area (Å²) in [6, 6.07) is 8.94. The largest absolute Gasteiger partial charge is 0.310 e. The number of nitrogens with one attached hydrogen (secondary N) is 1. The molecule has 1 rings (SSSR count). The van der Waals surface area contributed by atoms with Crippen LogP contribution >= 0.6 is 15.9 Å². The average Bonchev–Trinajstić information content (AvgIpc) is 2.26. The van der Waals surface area contributed by atoms with Crippen molar-refractivity contribution in [3.63, 3.8) is 0 Å². The first-order chi connectivity index (χ1) is 7.15. The van der Waals surface area contributed by atoms with Gasteiger partial charge >= 0.3 is 0 Å². The topological polar surface area (TPSA) is 12.0 Å². The first-order valence-electron chi connectivity index (χ1n) is 5.62. The van der Waals surface area contributed by atoms with E-state index in [1.54, 1.807) is 0 Å². The van der Waals surface area contributed by atoms with Crippen LogP contribution in [-0.4, -0.2) is 6.04 Å². The van der Waals surface area contributed by atoms with Gasteiger partial charge in [0, 0.05) is 17.1 Å². The molecule has 0 heterocycles. The van der Waals surface area contributed by atoms with Crippen LogP contribution in [0.5, 0.6) is 0 Å². The van der Waals surface area contributed by atoms with Crippen molar-refractivity contribution in [2.45, 2.75) is 39.8 Å². The SMILES string of the molecule is CCC(C)C(C)NCc1ccccc1Br. The summed E-state index contributed by atoms with van der Waals surface area (Å²) in [6.45, 7) is 7.72. The van der Waals surface area contributed by atoms with Gasteiger partial charge in [-0.2, -0.15) is 0 Å². The van der Waals surface area contributed by atoms with Crippen molar-refractivity contribution in [3.8, 4) is 0 Å². The number of halogens is 1. The van der Waals surface area contributed by atoms with Gasteiger partial charge in [-0.15, -0.1) is 0 Å². The van der Waals surface area contributed by atoms with Crippen molar-refractivity contribution in [1.82, 2.24) is 5.32 Å². The molecule has 0 aromatic heterocycles. The Morgan fingerprint density at radius 2 is 1.93 bits per heavy atom. The maximum atomic E-state index is 3.56. The normalized spacial score (nSPS) is 14.9. The summed E-state index contributed by atoms with van der Waals surface area (Å²) in [7, 11) is 0. The fourth-order valence-electron chi connectivity index (χ4n) is 1.47. The van der Waals surface area contributed by atoms with Crippen LogP contribution in [0.1, 0.15) is 32.8 Å². The molecule has 0 fully saturated rings. The Labute approximate surface area is 101 Å². The Morgan fingerprint density at radius 1 is 1.27 bits per heavy atom. The lowest BCUT2D eigenvalue weighted by Crippen LogP contribution is -2.31. The van der Waals surface area contributed by atoms with Crippen molar-refractivity contribution >= 4 is 15.9 Å². The fraction of sp³-hybridized carbons (Fsp3) is 0.538. The second kappa shape index (κ2) is 6.29. The van der Waals surface area contributed by atoms with Gasteiger partial charge in [0.05, 0.1) is 0 Å². The zero-order valence-corrected chi connectivity index (χ0v) is 11.3. The molecule has 0 radical (unpaired) electrons. The van der Waals surface area contributed by atoms with Crippen LogP contribution in [0.25, 0.3) is 0 Å². The molecule has 15 heavy (non-hydrogen) atoms. The smallest absolute Gasteiger partial charge is 0.0220 e. The van der Waals surface area contributed by atoms with Gasteiger partial charge in [0.1, 0.15) is 0 Å². The lowest BCUT2D eigenvalue weighted by molar-refractivity contribution is 0.389. The number of rotatable bonds is 5. The van der Waals surface area contributed by atoms with Crippen LogP contribution in [0.2, 0.25) is 0 Å². The molecular weight excluding hydrogens is 250 g/mol. The molecule has 1 N–H and O–H groups in total. The van der Waals surface area contributed by atoms with Crippen LogP contribution in [0.3, 0.4) is 0 Å². The molecule has 2 atom stereocenters. The zero-order valence-electron chi connectivity index (χ0n) is 9.76. The predicted molar refractivity (Wildman–Crippen MR) is 69.9 cm³/mol. The molecule has 1 nitrogen and oxygen atoms in total.